The van der Waals surface area contributed by atoms with Gasteiger partial charge in [-0.1, -0.05) is 6.08 Å². The molecule has 0 saturated carbocycles. The van der Waals surface area contributed by atoms with Gasteiger partial charge in [-0.2, -0.15) is 0 Å². The maximum Gasteiger partial charge on any atom is 0.0410 e. The Morgan fingerprint density at radius 2 is 2.31 bits per heavy atom. The minimum absolute atomic E-state index is 0. The van der Waals surface area contributed by atoms with Crippen LogP contribution in [-0.2, 0) is 0 Å². The van der Waals surface area contributed by atoms with E-state index < -0.39 is 0 Å². The second kappa shape index (κ2) is 6.13. The molecule has 0 radical (unpaired) electrons. The standard InChI is InChI=1S/C9H11BrN2.ClH/c1-2-3-9(11)7-4-8(10)6-12-5-7;/h2,4-6,9H,1,3,11H2;1H/t9-;/m0./s1. The first-order valence-electron chi connectivity index (χ1n) is 3.71. The molecule has 1 heterocycles. The molecule has 1 atom stereocenters. The molecule has 0 aromatic carbocycles. The highest BCUT2D eigenvalue weighted by Gasteiger charge is 2.03. The quantitative estimate of drug-likeness (QED) is 0.852. The monoisotopic (exact) mass is 262 g/mol. The normalized spacial score (nSPS) is 11.5. The lowest BCUT2D eigenvalue weighted by Gasteiger charge is -2.08. The largest absolute Gasteiger partial charge is 0.324 e. The van der Waals surface area contributed by atoms with Crippen molar-refractivity contribution in [3.63, 3.8) is 0 Å². The number of nitrogens with two attached hydrogens (primary N) is 1. The number of nitrogens with zero attached hydrogens (tertiary/aromatic N) is 1. The van der Waals surface area contributed by atoms with Crippen molar-refractivity contribution in [1.82, 2.24) is 4.98 Å². The summed E-state index contributed by atoms with van der Waals surface area (Å²) in [4.78, 5) is 4.03. The van der Waals surface area contributed by atoms with Gasteiger partial charge in [-0.05, 0) is 34.0 Å². The predicted octanol–water partition coefficient (Wildman–Crippen LogP) is 2.84. The summed E-state index contributed by atoms with van der Waals surface area (Å²) >= 11 is 3.34. The van der Waals surface area contributed by atoms with Crippen LogP contribution in [0.3, 0.4) is 0 Å². The Morgan fingerprint density at radius 3 is 2.85 bits per heavy atom. The van der Waals surface area contributed by atoms with Gasteiger partial charge in [0.2, 0.25) is 0 Å². The zero-order valence-electron chi connectivity index (χ0n) is 7.11. The van der Waals surface area contributed by atoms with E-state index in [-0.39, 0.29) is 18.4 Å². The van der Waals surface area contributed by atoms with Crippen molar-refractivity contribution in [2.45, 2.75) is 12.5 Å². The van der Waals surface area contributed by atoms with Crippen molar-refractivity contribution in [3.8, 4) is 0 Å². The van der Waals surface area contributed by atoms with Crippen molar-refractivity contribution >= 4 is 28.3 Å². The van der Waals surface area contributed by atoms with E-state index in [1.165, 1.54) is 0 Å². The molecule has 2 nitrogen and oxygen atoms in total. The fourth-order valence-electron chi connectivity index (χ4n) is 0.947. The Morgan fingerprint density at radius 1 is 1.62 bits per heavy atom. The summed E-state index contributed by atoms with van der Waals surface area (Å²) in [7, 11) is 0. The van der Waals surface area contributed by atoms with E-state index in [0.717, 1.165) is 16.5 Å². The van der Waals surface area contributed by atoms with Gasteiger partial charge in [0.15, 0.2) is 0 Å². The number of pyridine rings is 1. The van der Waals surface area contributed by atoms with E-state index in [0.29, 0.717) is 0 Å². The van der Waals surface area contributed by atoms with E-state index in [1.54, 1.807) is 12.4 Å². The second-order valence-corrected chi connectivity index (χ2v) is 3.48. The van der Waals surface area contributed by atoms with Gasteiger partial charge < -0.3 is 5.73 Å². The van der Waals surface area contributed by atoms with Crippen LogP contribution < -0.4 is 5.73 Å². The zero-order chi connectivity index (χ0) is 8.97. The minimum atomic E-state index is 0. The Labute approximate surface area is 92.8 Å². The summed E-state index contributed by atoms with van der Waals surface area (Å²) in [6.45, 7) is 3.64. The first-order chi connectivity index (χ1) is 5.74. The van der Waals surface area contributed by atoms with Gasteiger partial charge in [-0.15, -0.1) is 19.0 Å². The molecule has 0 aliphatic carbocycles. The minimum Gasteiger partial charge on any atom is -0.324 e. The van der Waals surface area contributed by atoms with Gasteiger partial charge >= 0.3 is 0 Å². The highest BCUT2D eigenvalue weighted by molar-refractivity contribution is 9.10. The lowest BCUT2D eigenvalue weighted by Crippen LogP contribution is -2.09. The lowest BCUT2D eigenvalue weighted by molar-refractivity contribution is 0.736. The average Bonchev–Trinajstić information content (AvgIpc) is 2.05. The van der Waals surface area contributed by atoms with Crippen LogP contribution in [0.5, 0.6) is 0 Å². The van der Waals surface area contributed by atoms with E-state index >= 15 is 0 Å². The fourth-order valence-corrected chi connectivity index (χ4v) is 1.33. The second-order valence-electron chi connectivity index (χ2n) is 2.57. The smallest absolute Gasteiger partial charge is 0.0410 e. The maximum atomic E-state index is 5.84. The molecule has 0 spiro atoms. The molecule has 1 aromatic heterocycles. The molecule has 0 unspecified atom stereocenters. The molecule has 72 valence electrons. The van der Waals surface area contributed by atoms with Crippen LogP contribution >= 0.6 is 28.3 Å². The van der Waals surface area contributed by atoms with Crippen molar-refractivity contribution < 1.29 is 0 Å². The summed E-state index contributed by atoms with van der Waals surface area (Å²) in [5.41, 5.74) is 6.87. The van der Waals surface area contributed by atoms with E-state index in [1.807, 2.05) is 12.1 Å². The molecular weight excluding hydrogens is 251 g/mol. The summed E-state index contributed by atoms with van der Waals surface area (Å²) < 4.78 is 0.958. The Kier molecular flexibility index (Phi) is 5.95. The van der Waals surface area contributed by atoms with E-state index in [4.69, 9.17) is 5.73 Å². The number of hydrogen-bond donors (Lipinski definition) is 1. The first kappa shape index (κ1) is 12.6. The molecule has 0 saturated heterocycles. The number of rotatable bonds is 3. The van der Waals surface area contributed by atoms with Gasteiger partial charge in [0.05, 0.1) is 0 Å². The van der Waals surface area contributed by atoms with Crippen LogP contribution in [0.25, 0.3) is 0 Å². The van der Waals surface area contributed by atoms with Gasteiger partial charge in [0.1, 0.15) is 0 Å². The molecule has 1 rings (SSSR count). The lowest BCUT2D eigenvalue weighted by atomic mass is 10.1. The molecule has 0 aliphatic heterocycles. The van der Waals surface area contributed by atoms with Crippen molar-refractivity contribution in [3.05, 3.63) is 41.2 Å². The predicted molar refractivity (Wildman–Crippen MR) is 60.9 cm³/mol. The maximum absolute atomic E-state index is 5.84. The summed E-state index contributed by atoms with van der Waals surface area (Å²) in [5.74, 6) is 0. The van der Waals surface area contributed by atoms with Crippen molar-refractivity contribution in [2.24, 2.45) is 5.73 Å². The third kappa shape index (κ3) is 3.89. The van der Waals surface area contributed by atoms with Crippen LogP contribution in [0.15, 0.2) is 35.6 Å². The topological polar surface area (TPSA) is 38.9 Å². The summed E-state index contributed by atoms with van der Waals surface area (Å²) in [5, 5.41) is 0. The molecule has 0 fully saturated rings. The molecule has 0 bridgehead atoms. The Bertz CT molecular complexity index is 278. The van der Waals surface area contributed by atoms with Gasteiger partial charge in [-0.25, -0.2) is 0 Å². The Hall–Kier alpha value is -0.380. The van der Waals surface area contributed by atoms with Gasteiger partial charge in [0, 0.05) is 22.9 Å². The van der Waals surface area contributed by atoms with E-state index in [2.05, 4.69) is 27.5 Å². The third-order valence-electron chi connectivity index (χ3n) is 1.57. The van der Waals surface area contributed by atoms with Crippen molar-refractivity contribution in [1.29, 1.82) is 0 Å². The Balaban J connectivity index is 0.00000144. The summed E-state index contributed by atoms with van der Waals surface area (Å²) in [6, 6.07) is 1.98. The van der Waals surface area contributed by atoms with Crippen LogP contribution in [0.2, 0.25) is 0 Å². The van der Waals surface area contributed by atoms with Crippen LogP contribution in [0.1, 0.15) is 18.0 Å². The highest BCUT2D eigenvalue weighted by Crippen LogP contribution is 2.17. The number of halogens is 2. The van der Waals surface area contributed by atoms with E-state index in [9.17, 15) is 0 Å². The number of hydrogen-bond acceptors (Lipinski definition) is 2. The molecule has 1 aromatic rings. The van der Waals surface area contributed by atoms with Crippen LogP contribution in [0.4, 0.5) is 0 Å². The summed E-state index contributed by atoms with van der Waals surface area (Å²) in [6.07, 6.45) is 6.10. The van der Waals surface area contributed by atoms with Gasteiger partial charge in [-0.3, -0.25) is 4.98 Å². The highest BCUT2D eigenvalue weighted by atomic mass is 79.9. The number of aromatic nitrogens is 1. The molecule has 0 amide bonds. The molecule has 4 heteroatoms. The zero-order valence-corrected chi connectivity index (χ0v) is 9.51. The first-order valence-corrected chi connectivity index (χ1v) is 4.50. The SMILES string of the molecule is C=CC[C@H](N)c1cncc(Br)c1.Cl. The molecular formula is C9H12BrClN2. The van der Waals surface area contributed by atoms with Crippen LogP contribution in [-0.4, -0.2) is 4.98 Å². The third-order valence-corrected chi connectivity index (χ3v) is 2.01. The van der Waals surface area contributed by atoms with Crippen molar-refractivity contribution in [2.75, 3.05) is 0 Å². The average molecular weight is 264 g/mol. The molecule has 2 N–H and O–H groups in total. The molecule has 0 aliphatic rings. The van der Waals surface area contributed by atoms with Crippen LogP contribution in [0, 0.1) is 0 Å². The van der Waals surface area contributed by atoms with Gasteiger partial charge in [0.25, 0.3) is 0 Å². The molecule has 13 heavy (non-hydrogen) atoms. The fraction of sp³-hybridized carbons (Fsp3) is 0.222.